The topological polar surface area (TPSA) is 0 Å². The third-order valence-corrected chi connectivity index (χ3v) is 5.03. The lowest BCUT2D eigenvalue weighted by Gasteiger charge is -2.05. The first-order valence-electron chi connectivity index (χ1n) is 7.68. The van der Waals surface area contributed by atoms with Crippen molar-refractivity contribution in [2.24, 2.45) is 0 Å². The number of hydrogen-bond acceptors (Lipinski definition) is 0. The first-order valence-corrected chi connectivity index (χ1v) is 9.27. The summed E-state index contributed by atoms with van der Waals surface area (Å²) < 4.78 is 2.14. The summed E-state index contributed by atoms with van der Waals surface area (Å²) in [5, 5.41) is 0. The Hall–Kier alpha value is -1.90. The van der Waals surface area contributed by atoms with Gasteiger partial charge in [0.15, 0.2) is 0 Å². The zero-order valence-electron chi connectivity index (χ0n) is 13.0. The molecule has 0 aliphatic heterocycles. The molecule has 3 rings (SSSR count). The largest absolute Gasteiger partial charge is 0.0622 e. The third kappa shape index (κ3) is 4.34. The van der Waals surface area contributed by atoms with Crippen LogP contribution in [0.5, 0.6) is 0 Å². The van der Waals surface area contributed by atoms with Crippen LogP contribution < -0.4 is 0 Å². The van der Waals surface area contributed by atoms with E-state index >= 15 is 0 Å². The Morgan fingerprint density at radius 1 is 0.500 bits per heavy atom. The smallest absolute Gasteiger partial charge is 0.0253 e. The van der Waals surface area contributed by atoms with Crippen LogP contribution in [0.4, 0.5) is 0 Å². The third-order valence-electron chi connectivity index (χ3n) is 3.66. The first kappa shape index (κ1) is 16.9. The molecule has 0 saturated heterocycles. The number of hydrogen-bond donors (Lipinski definition) is 0. The Balaban J connectivity index is 1.97. The van der Waals surface area contributed by atoms with E-state index < -0.39 is 0 Å². The summed E-state index contributed by atoms with van der Waals surface area (Å²) in [4.78, 5) is 0. The molecular weight excluding hydrogens is 424 g/mol. The Bertz CT molecular complexity index is 788. The van der Waals surface area contributed by atoms with Gasteiger partial charge in [0.05, 0.1) is 0 Å². The van der Waals surface area contributed by atoms with E-state index in [1.807, 2.05) is 36.4 Å². The molecule has 0 atom stereocenters. The highest BCUT2D eigenvalue weighted by molar-refractivity contribution is 9.15. The maximum Gasteiger partial charge on any atom is 0.0253 e. The SMILES string of the molecule is BrC(=Cc1ccccc1C=C(Br)c1ccccc1)c1ccccc1. The van der Waals surface area contributed by atoms with Crippen LogP contribution in [0.1, 0.15) is 22.3 Å². The second kappa shape index (κ2) is 8.27. The molecule has 0 aliphatic rings. The molecule has 0 bridgehead atoms. The van der Waals surface area contributed by atoms with Crippen LogP contribution >= 0.6 is 31.9 Å². The van der Waals surface area contributed by atoms with E-state index in [-0.39, 0.29) is 0 Å². The summed E-state index contributed by atoms with van der Waals surface area (Å²) in [5.41, 5.74) is 4.67. The van der Waals surface area contributed by atoms with Gasteiger partial charge in [-0.25, -0.2) is 0 Å². The van der Waals surface area contributed by atoms with E-state index in [1.165, 1.54) is 22.3 Å². The van der Waals surface area contributed by atoms with Crippen molar-refractivity contribution in [3.8, 4) is 0 Å². The summed E-state index contributed by atoms with van der Waals surface area (Å²) in [7, 11) is 0. The van der Waals surface area contributed by atoms with Gasteiger partial charge >= 0.3 is 0 Å². The summed E-state index contributed by atoms with van der Waals surface area (Å²) in [6, 6.07) is 29.0. The van der Waals surface area contributed by atoms with Gasteiger partial charge in [-0.15, -0.1) is 0 Å². The lowest BCUT2D eigenvalue weighted by Crippen LogP contribution is -1.83. The van der Waals surface area contributed by atoms with Gasteiger partial charge in [-0.2, -0.15) is 0 Å². The predicted molar refractivity (Wildman–Crippen MR) is 113 cm³/mol. The molecule has 0 amide bonds. The molecule has 0 nitrogen and oxygen atoms in total. The highest BCUT2D eigenvalue weighted by Crippen LogP contribution is 2.29. The van der Waals surface area contributed by atoms with Gasteiger partial charge < -0.3 is 0 Å². The van der Waals surface area contributed by atoms with E-state index in [1.54, 1.807) is 0 Å². The molecule has 2 heteroatoms. The summed E-state index contributed by atoms with van der Waals surface area (Å²) in [6.45, 7) is 0. The predicted octanol–water partition coefficient (Wildman–Crippen LogP) is 7.47. The van der Waals surface area contributed by atoms with Crippen LogP contribution in [0.3, 0.4) is 0 Å². The second-order valence-corrected chi connectivity index (χ2v) is 7.05. The maximum atomic E-state index is 3.70. The van der Waals surface area contributed by atoms with Crippen molar-refractivity contribution < 1.29 is 0 Å². The molecule has 0 unspecified atom stereocenters. The molecule has 0 N–H and O–H groups in total. The van der Waals surface area contributed by atoms with Crippen LogP contribution in [-0.4, -0.2) is 0 Å². The fourth-order valence-electron chi connectivity index (χ4n) is 2.41. The summed E-state index contributed by atoms with van der Waals surface area (Å²) in [6.07, 6.45) is 4.32. The number of rotatable bonds is 4. The molecule has 0 saturated carbocycles. The quantitative estimate of drug-likeness (QED) is 0.369. The number of halogens is 2. The molecule has 0 aromatic heterocycles. The molecule has 118 valence electrons. The van der Waals surface area contributed by atoms with Crippen molar-refractivity contribution in [1.29, 1.82) is 0 Å². The average molecular weight is 440 g/mol. The molecule has 3 aromatic carbocycles. The zero-order chi connectivity index (χ0) is 16.8. The fraction of sp³-hybridized carbons (Fsp3) is 0. The minimum atomic E-state index is 1.07. The van der Waals surface area contributed by atoms with E-state index in [9.17, 15) is 0 Å². The Morgan fingerprint density at radius 3 is 1.21 bits per heavy atom. The van der Waals surface area contributed by atoms with Crippen molar-refractivity contribution in [3.05, 3.63) is 107 Å². The van der Waals surface area contributed by atoms with Crippen molar-refractivity contribution in [1.82, 2.24) is 0 Å². The van der Waals surface area contributed by atoms with Crippen LogP contribution in [0.2, 0.25) is 0 Å². The molecule has 0 fully saturated rings. The monoisotopic (exact) mass is 438 g/mol. The minimum Gasteiger partial charge on any atom is -0.0622 e. The van der Waals surface area contributed by atoms with Crippen molar-refractivity contribution in [2.75, 3.05) is 0 Å². The zero-order valence-corrected chi connectivity index (χ0v) is 16.2. The molecule has 3 aromatic rings. The molecule has 24 heavy (non-hydrogen) atoms. The lowest BCUT2D eigenvalue weighted by atomic mass is 10.0. The standard InChI is InChI=1S/C22H16Br2/c23-21(17-9-3-1-4-10-17)15-19-13-7-8-14-20(19)16-22(24)18-11-5-2-6-12-18/h1-16H. The molecule has 0 heterocycles. The average Bonchev–Trinajstić information content (AvgIpc) is 2.64. The fourth-order valence-corrected chi connectivity index (χ4v) is 3.43. The second-order valence-electron chi connectivity index (χ2n) is 5.35. The van der Waals surface area contributed by atoms with E-state index in [4.69, 9.17) is 0 Å². The van der Waals surface area contributed by atoms with Gasteiger partial charge in [0, 0.05) is 8.96 Å². The maximum absolute atomic E-state index is 3.70. The molecule has 0 aliphatic carbocycles. The Kier molecular flexibility index (Phi) is 5.84. The molecule has 0 radical (unpaired) electrons. The van der Waals surface area contributed by atoms with E-state index in [0.29, 0.717) is 0 Å². The molecular formula is C22H16Br2. The number of benzene rings is 3. The van der Waals surface area contributed by atoms with Crippen molar-refractivity contribution in [3.63, 3.8) is 0 Å². The van der Waals surface area contributed by atoms with Crippen LogP contribution in [-0.2, 0) is 0 Å². The normalized spacial score (nSPS) is 12.2. The molecule has 0 spiro atoms. The van der Waals surface area contributed by atoms with Gasteiger partial charge in [0.2, 0.25) is 0 Å². The van der Waals surface area contributed by atoms with Crippen molar-refractivity contribution >= 4 is 53.0 Å². The van der Waals surface area contributed by atoms with E-state index in [2.05, 4.69) is 92.5 Å². The first-order chi connectivity index (χ1) is 11.7. The highest BCUT2D eigenvalue weighted by atomic mass is 79.9. The van der Waals surface area contributed by atoms with Gasteiger partial charge in [-0.1, -0.05) is 117 Å². The minimum absolute atomic E-state index is 1.07. The summed E-state index contributed by atoms with van der Waals surface area (Å²) in [5.74, 6) is 0. The van der Waals surface area contributed by atoms with Gasteiger partial charge in [-0.05, 0) is 34.4 Å². The summed E-state index contributed by atoms with van der Waals surface area (Å²) >= 11 is 7.39. The van der Waals surface area contributed by atoms with Crippen LogP contribution in [0.15, 0.2) is 84.9 Å². The van der Waals surface area contributed by atoms with Gasteiger partial charge in [0.1, 0.15) is 0 Å². The lowest BCUT2D eigenvalue weighted by molar-refractivity contribution is 1.60. The van der Waals surface area contributed by atoms with Crippen molar-refractivity contribution in [2.45, 2.75) is 0 Å². The Morgan fingerprint density at radius 2 is 0.833 bits per heavy atom. The van der Waals surface area contributed by atoms with Gasteiger partial charge in [-0.3, -0.25) is 0 Å². The highest BCUT2D eigenvalue weighted by Gasteiger charge is 2.03. The van der Waals surface area contributed by atoms with Crippen LogP contribution in [0, 0.1) is 0 Å². The van der Waals surface area contributed by atoms with E-state index in [0.717, 1.165) is 8.96 Å². The van der Waals surface area contributed by atoms with Gasteiger partial charge in [0.25, 0.3) is 0 Å². The Labute approximate surface area is 159 Å². The van der Waals surface area contributed by atoms with Crippen LogP contribution in [0.25, 0.3) is 21.1 Å².